The molecular weight excluding hydrogens is 264 g/mol. The Kier molecular flexibility index (Phi) is 5.23. The summed E-state index contributed by atoms with van der Waals surface area (Å²) in [5.41, 5.74) is 1.22. The first-order valence-electron chi connectivity index (χ1n) is 7.77. The third-order valence-electron chi connectivity index (χ3n) is 3.97. The molecule has 0 aliphatic carbocycles. The number of hydrogen-bond acceptors (Lipinski definition) is 3. The average molecular weight is 290 g/mol. The molecule has 4 heteroatoms. The molecule has 0 bridgehead atoms. The average Bonchev–Trinajstić information content (AvgIpc) is 2.47. The van der Waals surface area contributed by atoms with E-state index in [4.69, 9.17) is 4.74 Å². The van der Waals surface area contributed by atoms with Crippen LogP contribution in [0, 0.1) is 0 Å². The van der Waals surface area contributed by atoms with Crippen LogP contribution < -0.4 is 10.1 Å². The van der Waals surface area contributed by atoms with Gasteiger partial charge in [0.1, 0.15) is 5.75 Å². The highest BCUT2D eigenvalue weighted by Gasteiger charge is 2.27. The Morgan fingerprint density at radius 1 is 1.38 bits per heavy atom. The number of nitrogens with one attached hydrogen (secondary N) is 1. The molecule has 0 saturated carbocycles. The molecule has 2 rings (SSSR count). The van der Waals surface area contributed by atoms with Gasteiger partial charge in [0, 0.05) is 25.7 Å². The van der Waals surface area contributed by atoms with Crippen molar-refractivity contribution >= 4 is 5.91 Å². The molecule has 0 radical (unpaired) electrons. The van der Waals surface area contributed by atoms with E-state index in [1.807, 2.05) is 30.0 Å². The standard InChI is InChI=1S/C17H26N2O2/c1-12(2)15-6-5-7-16(10-15)21-14(4)17(20)19-9-8-18-11-13(19)3/h5-7,10,12-14,18H,8-9,11H2,1-4H3/t13-,14?/m1/s1. The third kappa shape index (κ3) is 3.97. The fraction of sp³-hybridized carbons (Fsp3) is 0.588. The number of amides is 1. The highest BCUT2D eigenvalue weighted by Crippen LogP contribution is 2.21. The van der Waals surface area contributed by atoms with Gasteiger partial charge < -0.3 is 15.0 Å². The van der Waals surface area contributed by atoms with Crippen molar-refractivity contribution in [3.8, 4) is 5.75 Å². The summed E-state index contributed by atoms with van der Waals surface area (Å²) in [6, 6.07) is 8.23. The smallest absolute Gasteiger partial charge is 0.263 e. The molecule has 1 aliphatic rings. The lowest BCUT2D eigenvalue weighted by Crippen LogP contribution is -2.55. The summed E-state index contributed by atoms with van der Waals surface area (Å²) in [6.07, 6.45) is -0.451. The predicted molar refractivity (Wildman–Crippen MR) is 84.7 cm³/mol. The first-order valence-corrected chi connectivity index (χ1v) is 7.77. The lowest BCUT2D eigenvalue weighted by Gasteiger charge is -2.35. The molecule has 2 atom stereocenters. The van der Waals surface area contributed by atoms with Crippen molar-refractivity contribution < 1.29 is 9.53 Å². The van der Waals surface area contributed by atoms with Crippen molar-refractivity contribution in [3.63, 3.8) is 0 Å². The summed E-state index contributed by atoms with van der Waals surface area (Å²) < 4.78 is 5.86. The van der Waals surface area contributed by atoms with Crippen LogP contribution in [0.4, 0.5) is 0 Å². The van der Waals surface area contributed by atoms with Crippen LogP contribution in [0.1, 0.15) is 39.2 Å². The zero-order valence-corrected chi connectivity index (χ0v) is 13.4. The van der Waals surface area contributed by atoms with E-state index >= 15 is 0 Å². The maximum Gasteiger partial charge on any atom is 0.263 e. The minimum absolute atomic E-state index is 0.0685. The van der Waals surface area contributed by atoms with Gasteiger partial charge in [-0.05, 0) is 37.5 Å². The molecule has 1 N–H and O–H groups in total. The summed E-state index contributed by atoms with van der Waals surface area (Å²) >= 11 is 0. The summed E-state index contributed by atoms with van der Waals surface area (Å²) in [4.78, 5) is 14.4. The zero-order valence-electron chi connectivity index (χ0n) is 13.4. The number of ether oxygens (including phenoxy) is 1. The quantitative estimate of drug-likeness (QED) is 0.926. The number of hydrogen-bond donors (Lipinski definition) is 1. The van der Waals surface area contributed by atoms with Gasteiger partial charge in [-0.1, -0.05) is 26.0 Å². The van der Waals surface area contributed by atoms with Gasteiger partial charge in [0.05, 0.1) is 0 Å². The topological polar surface area (TPSA) is 41.6 Å². The van der Waals surface area contributed by atoms with E-state index in [1.54, 1.807) is 0 Å². The summed E-state index contributed by atoms with van der Waals surface area (Å²) in [6.45, 7) is 10.6. The van der Waals surface area contributed by atoms with Crippen LogP contribution >= 0.6 is 0 Å². The molecule has 1 amide bonds. The molecule has 1 aromatic rings. The molecule has 1 unspecified atom stereocenters. The fourth-order valence-corrected chi connectivity index (χ4v) is 2.60. The van der Waals surface area contributed by atoms with Gasteiger partial charge in [-0.3, -0.25) is 4.79 Å². The molecule has 21 heavy (non-hydrogen) atoms. The molecule has 1 aliphatic heterocycles. The summed E-state index contributed by atoms with van der Waals surface area (Å²) in [5, 5.41) is 3.29. The Morgan fingerprint density at radius 2 is 2.14 bits per heavy atom. The highest BCUT2D eigenvalue weighted by atomic mass is 16.5. The molecule has 1 fully saturated rings. The van der Waals surface area contributed by atoms with Crippen LogP contribution in [-0.4, -0.2) is 42.6 Å². The normalized spacial score (nSPS) is 20.4. The van der Waals surface area contributed by atoms with Crippen LogP contribution in [0.5, 0.6) is 5.75 Å². The Labute approximate surface area is 127 Å². The summed E-state index contributed by atoms with van der Waals surface area (Å²) in [5.74, 6) is 1.29. The molecule has 0 aromatic heterocycles. The maximum atomic E-state index is 12.5. The minimum atomic E-state index is -0.451. The van der Waals surface area contributed by atoms with Gasteiger partial charge in [0.15, 0.2) is 6.10 Å². The molecule has 1 heterocycles. The first kappa shape index (κ1) is 15.8. The SMILES string of the molecule is CC(Oc1cccc(C(C)C)c1)C(=O)N1CCNC[C@H]1C. The number of carbonyl (C=O) groups excluding carboxylic acids is 1. The number of piperazine rings is 1. The van der Waals surface area contributed by atoms with Crippen LogP contribution in [0.15, 0.2) is 24.3 Å². The fourth-order valence-electron chi connectivity index (χ4n) is 2.60. The predicted octanol–water partition coefficient (Wildman–Crippen LogP) is 2.40. The number of benzene rings is 1. The first-order chi connectivity index (χ1) is 9.99. The minimum Gasteiger partial charge on any atom is -0.481 e. The van der Waals surface area contributed by atoms with Crippen molar-refractivity contribution in [2.45, 2.75) is 45.8 Å². The van der Waals surface area contributed by atoms with Gasteiger partial charge >= 0.3 is 0 Å². The van der Waals surface area contributed by atoms with Crippen molar-refractivity contribution in [2.24, 2.45) is 0 Å². The number of carbonyl (C=O) groups is 1. The summed E-state index contributed by atoms with van der Waals surface area (Å²) in [7, 11) is 0. The lowest BCUT2D eigenvalue weighted by atomic mass is 10.0. The second kappa shape index (κ2) is 6.94. The maximum absolute atomic E-state index is 12.5. The van der Waals surface area contributed by atoms with Gasteiger partial charge in [0.2, 0.25) is 0 Å². The molecule has 1 aromatic carbocycles. The number of rotatable bonds is 4. The van der Waals surface area contributed by atoms with E-state index in [-0.39, 0.29) is 11.9 Å². The van der Waals surface area contributed by atoms with Gasteiger partial charge in [-0.25, -0.2) is 0 Å². The van der Waals surface area contributed by atoms with Gasteiger partial charge in [0.25, 0.3) is 5.91 Å². The highest BCUT2D eigenvalue weighted by molar-refractivity contribution is 5.81. The van der Waals surface area contributed by atoms with E-state index in [0.717, 1.165) is 25.4 Å². The second-order valence-electron chi connectivity index (χ2n) is 6.07. The van der Waals surface area contributed by atoms with Crippen molar-refractivity contribution in [1.29, 1.82) is 0 Å². The zero-order chi connectivity index (χ0) is 15.4. The van der Waals surface area contributed by atoms with Gasteiger partial charge in [-0.2, -0.15) is 0 Å². The Morgan fingerprint density at radius 3 is 2.81 bits per heavy atom. The van der Waals surface area contributed by atoms with E-state index in [0.29, 0.717) is 5.92 Å². The van der Waals surface area contributed by atoms with E-state index in [9.17, 15) is 4.79 Å². The largest absolute Gasteiger partial charge is 0.481 e. The molecule has 0 spiro atoms. The Balaban J connectivity index is 2.01. The monoisotopic (exact) mass is 290 g/mol. The Bertz CT molecular complexity index is 487. The third-order valence-corrected chi connectivity index (χ3v) is 3.97. The lowest BCUT2D eigenvalue weighted by molar-refractivity contribution is -0.140. The van der Waals surface area contributed by atoms with Crippen molar-refractivity contribution in [1.82, 2.24) is 10.2 Å². The van der Waals surface area contributed by atoms with Crippen LogP contribution in [0.3, 0.4) is 0 Å². The molecule has 4 nitrogen and oxygen atoms in total. The second-order valence-corrected chi connectivity index (χ2v) is 6.07. The molecular formula is C17H26N2O2. The van der Waals surface area contributed by atoms with Crippen molar-refractivity contribution in [2.75, 3.05) is 19.6 Å². The number of nitrogens with zero attached hydrogens (tertiary/aromatic N) is 1. The molecule has 1 saturated heterocycles. The van der Waals surface area contributed by atoms with Crippen molar-refractivity contribution in [3.05, 3.63) is 29.8 Å². The van der Waals surface area contributed by atoms with E-state index in [1.165, 1.54) is 5.56 Å². The molecule has 116 valence electrons. The van der Waals surface area contributed by atoms with E-state index < -0.39 is 6.10 Å². The Hall–Kier alpha value is -1.55. The van der Waals surface area contributed by atoms with Gasteiger partial charge in [-0.15, -0.1) is 0 Å². The van der Waals surface area contributed by atoms with Crippen LogP contribution in [-0.2, 0) is 4.79 Å². The van der Waals surface area contributed by atoms with E-state index in [2.05, 4.69) is 32.2 Å². The van der Waals surface area contributed by atoms with Crippen LogP contribution in [0.2, 0.25) is 0 Å². The van der Waals surface area contributed by atoms with Crippen LogP contribution in [0.25, 0.3) is 0 Å².